The maximum absolute atomic E-state index is 13.4. The van der Waals surface area contributed by atoms with Crippen molar-refractivity contribution in [1.82, 2.24) is 0 Å². The summed E-state index contributed by atoms with van der Waals surface area (Å²) < 4.78 is 0. The third-order valence-corrected chi connectivity index (χ3v) is 12.0. The van der Waals surface area contributed by atoms with Gasteiger partial charge >= 0.3 is 161 Å². The van der Waals surface area contributed by atoms with Gasteiger partial charge < -0.3 is 0 Å². The van der Waals surface area contributed by atoms with Crippen LogP contribution >= 0.6 is 6.60 Å². The molecule has 140 valence electrons. The SMILES string of the molecule is CCCCCP(C(=O)O)(c1ccccc1)(c1ccccc1)c1ccccc1. The van der Waals surface area contributed by atoms with Crippen molar-refractivity contribution in [3.05, 3.63) is 91.0 Å². The summed E-state index contributed by atoms with van der Waals surface area (Å²) in [6.07, 6.45) is 3.62. The Morgan fingerprint density at radius 3 is 1.37 bits per heavy atom. The maximum atomic E-state index is 13.4. The molecule has 3 heteroatoms. The first-order valence-electron chi connectivity index (χ1n) is 9.58. The molecule has 0 bridgehead atoms. The molecule has 0 aliphatic carbocycles. The molecule has 0 aliphatic heterocycles. The number of carboxylic acid groups (broad SMARTS) is 1. The van der Waals surface area contributed by atoms with Crippen molar-refractivity contribution >= 4 is 28.2 Å². The Bertz CT molecular complexity index is 777. The molecule has 3 aromatic rings. The van der Waals surface area contributed by atoms with E-state index in [-0.39, 0.29) is 0 Å². The van der Waals surface area contributed by atoms with Crippen molar-refractivity contribution in [2.24, 2.45) is 0 Å². The van der Waals surface area contributed by atoms with E-state index in [2.05, 4.69) is 6.92 Å². The number of unbranched alkanes of at least 4 members (excludes halogenated alkanes) is 2. The molecule has 27 heavy (non-hydrogen) atoms. The van der Waals surface area contributed by atoms with Crippen LogP contribution in [-0.2, 0) is 0 Å². The van der Waals surface area contributed by atoms with Gasteiger partial charge in [-0.05, 0) is 0 Å². The topological polar surface area (TPSA) is 37.3 Å². The number of carbonyl (C=O) groups is 1. The van der Waals surface area contributed by atoms with Crippen LogP contribution in [0.1, 0.15) is 26.2 Å². The van der Waals surface area contributed by atoms with Gasteiger partial charge in [-0.25, -0.2) is 0 Å². The van der Waals surface area contributed by atoms with Gasteiger partial charge in [0.2, 0.25) is 0 Å². The van der Waals surface area contributed by atoms with Crippen molar-refractivity contribution in [3.63, 3.8) is 0 Å². The Morgan fingerprint density at radius 2 is 1.07 bits per heavy atom. The van der Waals surface area contributed by atoms with Gasteiger partial charge in [-0.3, -0.25) is 0 Å². The van der Waals surface area contributed by atoms with Gasteiger partial charge in [0.15, 0.2) is 0 Å². The molecular weight excluding hydrogens is 351 g/mol. The van der Waals surface area contributed by atoms with E-state index in [1.165, 1.54) is 0 Å². The van der Waals surface area contributed by atoms with Gasteiger partial charge in [-0.1, -0.05) is 0 Å². The van der Waals surface area contributed by atoms with Gasteiger partial charge in [-0.2, -0.15) is 0 Å². The molecule has 0 atom stereocenters. The molecule has 0 fully saturated rings. The van der Waals surface area contributed by atoms with Gasteiger partial charge in [-0.15, -0.1) is 0 Å². The quantitative estimate of drug-likeness (QED) is 0.422. The number of hydrogen-bond donors (Lipinski definition) is 1. The van der Waals surface area contributed by atoms with Crippen LogP contribution in [0.4, 0.5) is 4.79 Å². The minimum atomic E-state index is -3.69. The first-order valence-corrected chi connectivity index (χ1v) is 12.0. The molecule has 0 radical (unpaired) electrons. The van der Waals surface area contributed by atoms with Crippen LogP contribution in [0.2, 0.25) is 0 Å². The van der Waals surface area contributed by atoms with Crippen molar-refractivity contribution in [1.29, 1.82) is 0 Å². The van der Waals surface area contributed by atoms with Crippen LogP contribution in [0.3, 0.4) is 0 Å². The van der Waals surface area contributed by atoms with Crippen molar-refractivity contribution in [3.8, 4) is 0 Å². The average Bonchev–Trinajstić information content (AvgIpc) is 2.73. The van der Waals surface area contributed by atoms with Crippen molar-refractivity contribution < 1.29 is 9.90 Å². The fourth-order valence-corrected chi connectivity index (χ4v) is 10.1. The fraction of sp³-hybridized carbons (Fsp3) is 0.208. The predicted octanol–water partition coefficient (Wildman–Crippen LogP) is 5.38. The van der Waals surface area contributed by atoms with E-state index in [0.29, 0.717) is 6.16 Å². The Kier molecular flexibility index (Phi) is 5.77. The molecule has 0 spiro atoms. The standard InChI is InChI=1S/C24H27O2P/c1-2-3-13-20-27(24(25)26,21-14-7-4-8-15-21,22-16-9-5-10-17-22)23-18-11-6-12-19-23/h4-12,14-19H,2-3,13,20H2,1H3,(H,25,26). The first-order chi connectivity index (χ1) is 13.2. The van der Waals surface area contributed by atoms with E-state index < -0.39 is 12.3 Å². The molecule has 0 aromatic heterocycles. The second kappa shape index (κ2) is 8.06. The van der Waals surface area contributed by atoms with E-state index in [9.17, 15) is 9.90 Å². The molecule has 0 aliphatic rings. The molecule has 0 saturated carbocycles. The molecule has 3 aromatic carbocycles. The third kappa shape index (κ3) is 2.99. The Balaban J connectivity index is 2.47. The number of benzene rings is 3. The van der Waals surface area contributed by atoms with E-state index in [0.717, 1.165) is 35.2 Å². The number of hydrogen-bond acceptors (Lipinski definition) is 1. The second-order valence-corrected chi connectivity index (χ2v) is 12.0. The van der Waals surface area contributed by atoms with Crippen LogP contribution in [0, 0.1) is 0 Å². The van der Waals surface area contributed by atoms with E-state index >= 15 is 0 Å². The molecule has 0 unspecified atom stereocenters. The van der Waals surface area contributed by atoms with E-state index in [1.54, 1.807) is 0 Å². The normalized spacial score (nSPS) is 12.9. The molecular formula is C24H27O2P. The number of rotatable bonds is 8. The third-order valence-electron chi connectivity index (χ3n) is 5.61. The zero-order chi connectivity index (χ0) is 19.2. The van der Waals surface area contributed by atoms with Gasteiger partial charge in [0.05, 0.1) is 0 Å². The summed E-state index contributed by atoms with van der Waals surface area (Å²) >= 11 is 0. The summed E-state index contributed by atoms with van der Waals surface area (Å²) in [5.41, 5.74) is -0.694. The van der Waals surface area contributed by atoms with Crippen LogP contribution in [0.5, 0.6) is 0 Å². The van der Waals surface area contributed by atoms with Gasteiger partial charge in [0.25, 0.3) is 0 Å². The van der Waals surface area contributed by atoms with Crippen molar-refractivity contribution in [2.45, 2.75) is 26.2 Å². The zero-order valence-electron chi connectivity index (χ0n) is 15.8. The molecule has 0 amide bonds. The molecule has 0 saturated heterocycles. The van der Waals surface area contributed by atoms with Crippen LogP contribution < -0.4 is 15.9 Å². The van der Waals surface area contributed by atoms with E-state index in [4.69, 9.17) is 0 Å². The van der Waals surface area contributed by atoms with Gasteiger partial charge in [0, 0.05) is 0 Å². The van der Waals surface area contributed by atoms with Crippen molar-refractivity contribution in [2.75, 3.05) is 6.16 Å². The summed E-state index contributed by atoms with van der Waals surface area (Å²) in [5.74, 6) is 0. The Morgan fingerprint density at radius 1 is 0.704 bits per heavy atom. The summed E-state index contributed by atoms with van der Waals surface area (Å²) in [6.45, 7) is -1.53. The van der Waals surface area contributed by atoms with Crippen LogP contribution in [-0.4, -0.2) is 17.0 Å². The molecule has 1 N–H and O–H groups in total. The Labute approximate surface area is 161 Å². The second-order valence-electron chi connectivity index (χ2n) is 7.02. The summed E-state index contributed by atoms with van der Waals surface area (Å²) in [7, 11) is 0. The van der Waals surface area contributed by atoms with E-state index in [1.807, 2.05) is 91.0 Å². The molecule has 0 heterocycles. The van der Waals surface area contributed by atoms with Crippen LogP contribution in [0.25, 0.3) is 0 Å². The summed E-state index contributed by atoms with van der Waals surface area (Å²) in [6, 6.07) is 29.7. The monoisotopic (exact) mass is 378 g/mol. The summed E-state index contributed by atoms with van der Waals surface area (Å²) in [5, 5.41) is 13.8. The molecule has 3 rings (SSSR count). The first kappa shape index (κ1) is 19.3. The Hall–Kier alpha value is -2.44. The predicted molar refractivity (Wildman–Crippen MR) is 118 cm³/mol. The van der Waals surface area contributed by atoms with Gasteiger partial charge in [0.1, 0.15) is 0 Å². The van der Waals surface area contributed by atoms with Crippen LogP contribution in [0.15, 0.2) is 91.0 Å². The molecule has 2 nitrogen and oxygen atoms in total. The minimum absolute atomic E-state index is 0.646. The summed E-state index contributed by atoms with van der Waals surface area (Å²) in [4.78, 5) is 13.4. The fourth-order valence-electron chi connectivity index (χ4n) is 4.21. The zero-order valence-corrected chi connectivity index (χ0v) is 16.7. The average molecular weight is 378 g/mol.